The predicted molar refractivity (Wildman–Crippen MR) is 76.2 cm³/mol. The van der Waals surface area contributed by atoms with Crippen LogP contribution in [-0.4, -0.2) is 40.7 Å². The van der Waals surface area contributed by atoms with Gasteiger partial charge in [0, 0.05) is 32.8 Å². The summed E-state index contributed by atoms with van der Waals surface area (Å²) in [5.41, 5.74) is 8.41. The molecule has 7 nitrogen and oxygen atoms in total. The molecule has 2 aromatic heterocycles. The van der Waals surface area contributed by atoms with Crippen LogP contribution in [-0.2, 0) is 16.1 Å². The van der Waals surface area contributed by atoms with Crippen molar-refractivity contribution in [2.75, 3.05) is 26.0 Å². The van der Waals surface area contributed by atoms with Gasteiger partial charge in [0.05, 0.1) is 6.61 Å². The number of amides is 1. The zero-order valence-corrected chi connectivity index (χ0v) is 11.7. The number of ether oxygens (including phenoxy) is 1. The SMILES string of the molecule is COCCNC(=O)CCn1c(N)nc2c(C)ccnc21. The molecular weight excluding hydrogens is 258 g/mol. The highest BCUT2D eigenvalue weighted by Gasteiger charge is 2.12. The Morgan fingerprint density at radius 3 is 3.10 bits per heavy atom. The van der Waals surface area contributed by atoms with Crippen LogP contribution in [0, 0.1) is 6.92 Å². The van der Waals surface area contributed by atoms with Gasteiger partial charge in [-0.25, -0.2) is 9.97 Å². The van der Waals surface area contributed by atoms with Crippen LogP contribution < -0.4 is 11.1 Å². The molecule has 20 heavy (non-hydrogen) atoms. The van der Waals surface area contributed by atoms with Gasteiger partial charge >= 0.3 is 0 Å². The monoisotopic (exact) mass is 277 g/mol. The Hall–Kier alpha value is -2.15. The fraction of sp³-hybridized carbons (Fsp3) is 0.462. The minimum absolute atomic E-state index is 0.0454. The van der Waals surface area contributed by atoms with Gasteiger partial charge < -0.3 is 15.8 Å². The molecule has 0 aliphatic heterocycles. The Bertz CT molecular complexity index is 608. The number of nitrogens with zero attached hydrogens (tertiary/aromatic N) is 3. The number of pyridine rings is 1. The lowest BCUT2D eigenvalue weighted by molar-refractivity contribution is -0.121. The van der Waals surface area contributed by atoms with Crippen LogP contribution >= 0.6 is 0 Å². The number of carbonyl (C=O) groups excluding carboxylic acids is 1. The molecule has 0 saturated carbocycles. The number of hydrogen-bond acceptors (Lipinski definition) is 5. The molecule has 2 rings (SSSR count). The van der Waals surface area contributed by atoms with Gasteiger partial charge in [0.15, 0.2) is 5.65 Å². The molecule has 2 aromatic rings. The topological polar surface area (TPSA) is 95.1 Å². The second kappa shape index (κ2) is 6.33. The van der Waals surface area contributed by atoms with Crippen molar-refractivity contribution >= 4 is 23.0 Å². The Morgan fingerprint density at radius 2 is 2.35 bits per heavy atom. The molecule has 7 heteroatoms. The van der Waals surface area contributed by atoms with Gasteiger partial charge in [0.25, 0.3) is 0 Å². The van der Waals surface area contributed by atoms with Gasteiger partial charge in [-0.15, -0.1) is 0 Å². The molecule has 0 aliphatic rings. The lowest BCUT2D eigenvalue weighted by Gasteiger charge is -2.07. The Balaban J connectivity index is 2.05. The van der Waals surface area contributed by atoms with E-state index in [2.05, 4.69) is 15.3 Å². The molecular formula is C13H19N5O2. The van der Waals surface area contributed by atoms with Crippen LogP contribution in [0.25, 0.3) is 11.2 Å². The standard InChI is InChI=1S/C13H19N5O2/c1-9-3-5-16-12-11(9)17-13(14)18(12)7-4-10(19)15-6-8-20-2/h3,5H,4,6-8H2,1-2H3,(H2,14,17)(H,15,19). The van der Waals surface area contributed by atoms with Gasteiger partial charge in [0.2, 0.25) is 11.9 Å². The summed E-state index contributed by atoms with van der Waals surface area (Å²) in [5, 5.41) is 2.77. The smallest absolute Gasteiger partial charge is 0.221 e. The van der Waals surface area contributed by atoms with Crippen LogP contribution in [0.15, 0.2) is 12.3 Å². The van der Waals surface area contributed by atoms with E-state index in [4.69, 9.17) is 10.5 Å². The maximum Gasteiger partial charge on any atom is 0.221 e. The van der Waals surface area contributed by atoms with Crippen molar-refractivity contribution in [3.63, 3.8) is 0 Å². The number of aryl methyl sites for hydroxylation is 2. The third kappa shape index (κ3) is 3.05. The molecule has 108 valence electrons. The average molecular weight is 277 g/mol. The number of anilines is 1. The van der Waals surface area contributed by atoms with Crippen molar-refractivity contribution in [2.45, 2.75) is 19.9 Å². The summed E-state index contributed by atoms with van der Waals surface area (Å²) in [6.45, 7) is 3.42. The first-order chi connectivity index (χ1) is 9.63. The fourth-order valence-electron chi connectivity index (χ4n) is 1.97. The summed E-state index contributed by atoms with van der Waals surface area (Å²) >= 11 is 0. The van der Waals surface area contributed by atoms with Gasteiger partial charge in [-0.3, -0.25) is 9.36 Å². The highest BCUT2D eigenvalue weighted by molar-refractivity contribution is 5.78. The van der Waals surface area contributed by atoms with E-state index in [9.17, 15) is 4.79 Å². The second-order valence-electron chi connectivity index (χ2n) is 4.51. The normalized spacial score (nSPS) is 10.9. The van der Waals surface area contributed by atoms with E-state index in [1.54, 1.807) is 17.9 Å². The predicted octanol–water partition coefficient (Wildman–Crippen LogP) is 0.475. The van der Waals surface area contributed by atoms with Crippen molar-refractivity contribution in [1.29, 1.82) is 0 Å². The molecule has 0 spiro atoms. The summed E-state index contributed by atoms with van der Waals surface area (Å²) in [6.07, 6.45) is 2.04. The number of hydrogen-bond donors (Lipinski definition) is 2. The number of methoxy groups -OCH3 is 1. The maximum atomic E-state index is 11.7. The van der Waals surface area contributed by atoms with Gasteiger partial charge in [-0.2, -0.15) is 0 Å². The Labute approximate surface area is 117 Å². The first-order valence-corrected chi connectivity index (χ1v) is 6.46. The molecule has 0 radical (unpaired) electrons. The fourth-order valence-corrected chi connectivity index (χ4v) is 1.97. The molecule has 0 saturated heterocycles. The summed E-state index contributed by atoms with van der Waals surface area (Å²) in [5.74, 6) is 0.336. The first kappa shape index (κ1) is 14.3. The third-order valence-corrected chi connectivity index (χ3v) is 3.06. The molecule has 0 fully saturated rings. The van der Waals surface area contributed by atoms with Gasteiger partial charge in [-0.05, 0) is 18.6 Å². The number of nitrogens with one attached hydrogen (secondary N) is 1. The number of fused-ring (bicyclic) bond motifs is 1. The second-order valence-corrected chi connectivity index (χ2v) is 4.51. The summed E-state index contributed by atoms with van der Waals surface area (Å²) in [4.78, 5) is 20.2. The van der Waals surface area contributed by atoms with Crippen molar-refractivity contribution in [3.8, 4) is 0 Å². The minimum atomic E-state index is -0.0454. The third-order valence-electron chi connectivity index (χ3n) is 3.06. The minimum Gasteiger partial charge on any atom is -0.383 e. The van der Waals surface area contributed by atoms with E-state index in [1.165, 1.54) is 0 Å². The van der Waals surface area contributed by atoms with Crippen LogP contribution in [0.2, 0.25) is 0 Å². The number of carbonyl (C=O) groups is 1. The van der Waals surface area contributed by atoms with Crippen LogP contribution in [0.1, 0.15) is 12.0 Å². The molecule has 3 N–H and O–H groups in total. The van der Waals surface area contributed by atoms with Gasteiger partial charge in [-0.1, -0.05) is 0 Å². The maximum absolute atomic E-state index is 11.7. The molecule has 0 atom stereocenters. The van der Waals surface area contributed by atoms with E-state index >= 15 is 0 Å². The van der Waals surface area contributed by atoms with Crippen molar-refractivity contribution in [1.82, 2.24) is 19.9 Å². The summed E-state index contributed by atoms with van der Waals surface area (Å²) in [6, 6.07) is 1.89. The number of nitrogen functional groups attached to an aromatic ring is 1. The lowest BCUT2D eigenvalue weighted by atomic mass is 10.3. The summed E-state index contributed by atoms with van der Waals surface area (Å²) in [7, 11) is 1.60. The summed E-state index contributed by atoms with van der Waals surface area (Å²) < 4.78 is 6.63. The molecule has 2 heterocycles. The van der Waals surface area contributed by atoms with E-state index in [-0.39, 0.29) is 5.91 Å². The van der Waals surface area contributed by atoms with Crippen molar-refractivity contribution in [2.24, 2.45) is 0 Å². The molecule has 1 amide bonds. The molecule has 0 unspecified atom stereocenters. The Kier molecular flexibility index (Phi) is 4.52. The zero-order chi connectivity index (χ0) is 14.5. The number of rotatable bonds is 6. The molecule has 0 bridgehead atoms. The first-order valence-electron chi connectivity index (χ1n) is 6.46. The van der Waals surface area contributed by atoms with Crippen molar-refractivity contribution < 1.29 is 9.53 Å². The lowest BCUT2D eigenvalue weighted by Crippen LogP contribution is -2.27. The van der Waals surface area contributed by atoms with Crippen LogP contribution in [0.4, 0.5) is 5.95 Å². The highest BCUT2D eigenvalue weighted by atomic mass is 16.5. The van der Waals surface area contributed by atoms with Gasteiger partial charge in [0.1, 0.15) is 5.52 Å². The zero-order valence-electron chi connectivity index (χ0n) is 11.7. The largest absolute Gasteiger partial charge is 0.383 e. The average Bonchev–Trinajstić information content (AvgIpc) is 2.74. The Morgan fingerprint density at radius 1 is 1.55 bits per heavy atom. The van der Waals surface area contributed by atoms with E-state index in [0.29, 0.717) is 37.7 Å². The van der Waals surface area contributed by atoms with Crippen molar-refractivity contribution in [3.05, 3.63) is 17.8 Å². The van der Waals surface area contributed by atoms with E-state index in [1.807, 2.05) is 13.0 Å². The highest BCUT2D eigenvalue weighted by Crippen LogP contribution is 2.18. The van der Waals surface area contributed by atoms with Crippen LogP contribution in [0.3, 0.4) is 0 Å². The quantitative estimate of drug-likeness (QED) is 0.749. The van der Waals surface area contributed by atoms with E-state index < -0.39 is 0 Å². The molecule has 0 aromatic carbocycles. The number of nitrogens with two attached hydrogens (primary N) is 1. The van der Waals surface area contributed by atoms with E-state index in [0.717, 1.165) is 11.1 Å². The molecule has 0 aliphatic carbocycles. The van der Waals surface area contributed by atoms with Crippen LogP contribution in [0.5, 0.6) is 0 Å². The number of aromatic nitrogens is 3. The number of imidazole rings is 1.